The van der Waals surface area contributed by atoms with Crippen molar-refractivity contribution in [2.24, 2.45) is 0 Å². The topological polar surface area (TPSA) is 98.7 Å². The average molecular weight is 512 g/mol. The molecule has 34 heavy (non-hydrogen) atoms. The van der Waals surface area contributed by atoms with Crippen LogP contribution in [0, 0.1) is 10.1 Å². The van der Waals surface area contributed by atoms with Gasteiger partial charge >= 0.3 is 18.1 Å². The number of anilines is 2. The molecule has 0 atom stereocenters. The van der Waals surface area contributed by atoms with E-state index in [9.17, 15) is 36.9 Å². The van der Waals surface area contributed by atoms with E-state index >= 15 is 0 Å². The Balaban J connectivity index is 0.000000437. The van der Waals surface area contributed by atoms with Crippen molar-refractivity contribution in [2.45, 2.75) is 31.9 Å². The Morgan fingerprint density at radius 1 is 1.15 bits per heavy atom. The molecule has 0 saturated carbocycles. The summed E-state index contributed by atoms with van der Waals surface area (Å²) in [5.74, 6) is -5.95. The molecule has 0 unspecified atom stereocenters. The number of halogens is 6. The lowest BCUT2D eigenvalue weighted by atomic mass is 10.2. The third-order valence-electron chi connectivity index (χ3n) is 4.38. The SMILES string of the molecule is CCN(CCOC(=O)CCC(F)(F)C(F)(F)F)c1ccccc1.Nc1ccc([N+](=O)[O-])cc1Cl. The van der Waals surface area contributed by atoms with Crippen LogP contribution in [-0.4, -0.2) is 42.7 Å². The van der Waals surface area contributed by atoms with E-state index in [0.29, 0.717) is 18.8 Å². The number of alkyl halides is 5. The molecule has 0 aliphatic carbocycles. The number of nitro benzene ring substituents is 1. The first kappa shape index (κ1) is 28.9. The van der Waals surface area contributed by atoms with E-state index in [4.69, 9.17) is 22.1 Å². The summed E-state index contributed by atoms with van der Waals surface area (Å²) in [6.07, 6.45) is -8.24. The Hall–Kier alpha value is -3.15. The predicted molar refractivity (Wildman–Crippen MR) is 118 cm³/mol. The van der Waals surface area contributed by atoms with Crippen molar-refractivity contribution in [1.29, 1.82) is 0 Å². The summed E-state index contributed by atoms with van der Waals surface area (Å²) < 4.78 is 66.0. The molecule has 0 amide bonds. The predicted octanol–water partition coefficient (Wildman–Crippen LogP) is 5.86. The first-order valence-electron chi connectivity index (χ1n) is 9.88. The van der Waals surface area contributed by atoms with E-state index in [0.717, 1.165) is 5.69 Å². The van der Waals surface area contributed by atoms with Gasteiger partial charge < -0.3 is 15.4 Å². The number of nitrogens with two attached hydrogens (primary N) is 1. The Labute approximate surface area is 197 Å². The molecule has 0 aliphatic heterocycles. The van der Waals surface area contributed by atoms with Crippen molar-refractivity contribution in [3.63, 3.8) is 0 Å². The van der Waals surface area contributed by atoms with Gasteiger partial charge in [0, 0.05) is 30.8 Å². The summed E-state index contributed by atoms with van der Waals surface area (Å²) in [6, 6.07) is 13.2. The quantitative estimate of drug-likeness (QED) is 0.149. The number of nitro groups is 1. The van der Waals surface area contributed by atoms with E-state index in [1.807, 2.05) is 42.2 Å². The molecular weight excluding hydrogens is 489 g/mol. The van der Waals surface area contributed by atoms with E-state index < -0.39 is 35.8 Å². The van der Waals surface area contributed by atoms with Gasteiger partial charge in [0.1, 0.15) is 6.61 Å². The van der Waals surface area contributed by atoms with Gasteiger partial charge in [-0.3, -0.25) is 14.9 Å². The number of carbonyl (C=O) groups is 1. The number of carbonyl (C=O) groups excluding carboxylic acids is 1. The fourth-order valence-electron chi connectivity index (χ4n) is 2.48. The highest BCUT2D eigenvalue weighted by atomic mass is 35.5. The fourth-order valence-corrected chi connectivity index (χ4v) is 2.66. The number of esters is 1. The minimum atomic E-state index is -5.65. The number of rotatable bonds is 9. The van der Waals surface area contributed by atoms with Gasteiger partial charge in [-0.2, -0.15) is 22.0 Å². The molecular formula is C21H23ClF5N3O4. The Bertz CT molecular complexity index is 946. The minimum absolute atomic E-state index is 0.0517. The zero-order valence-corrected chi connectivity index (χ0v) is 18.8. The smallest absolute Gasteiger partial charge is 0.453 e. The third kappa shape index (κ3) is 9.38. The molecule has 0 saturated heterocycles. The Morgan fingerprint density at radius 3 is 2.26 bits per heavy atom. The van der Waals surface area contributed by atoms with Gasteiger partial charge in [-0.05, 0) is 25.1 Å². The zero-order valence-electron chi connectivity index (χ0n) is 18.0. The summed E-state index contributed by atoms with van der Waals surface area (Å²) >= 11 is 5.53. The molecule has 7 nitrogen and oxygen atoms in total. The maximum atomic E-state index is 12.7. The number of ether oxygens (including phenoxy) is 1. The second-order valence-electron chi connectivity index (χ2n) is 6.80. The molecule has 188 valence electrons. The normalized spacial score (nSPS) is 11.3. The third-order valence-corrected chi connectivity index (χ3v) is 4.71. The number of likely N-dealkylation sites (N-methyl/N-ethyl adjacent to an activating group) is 1. The van der Waals surface area contributed by atoms with Gasteiger partial charge in [0.05, 0.1) is 28.6 Å². The summed E-state index contributed by atoms with van der Waals surface area (Å²) in [6.45, 7) is 2.76. The van der Waals surface area contributed by atoms with Crippen LogP contribution < -0.4 is 10.6 Å². The average Bonchev–Trinajstić information content (AvgIpc) is 2.77. The standard InChI is InChI=1S/C15H18F5NO2.C6H5ClN2O2/c1-2-21(12-6-4-3-5-7-12)10-11-23-13(22)8-9-14(16,17)15(18,19)20;7-5-3-4(9(10)11)1-2-6(5)8/h3-7H,2,8-11H2,1H3;1-3H,8H2. The van der Waals surface area contributed by atoms with Crippen LogP contribution in [0.4, 0.5) is 39.0 Å². The van der Waals surface area contributed by atoms with Gasteiger partial charge in [0.15, 0.2) is 0 Å². The lowest BCUT2D eigenvalue weighted by Gasteiger charge is -2.23. The number of nitrogens with zero attached hydrogens (tertiary/aromatic N) is 2. The summed E-state index contributed by atoms with van der Waals surface area (Å²) in [5.41, 5.74) is 6.53. The van der Waals surface area contributed by atoms with Crippen LogP contribution in [-0.2, 0) is 9.53 Å². The number of benzene rings is 2. The molecule has 13 heteroatoms. The summed E-state index contributed by atoms with van der Waals surface area (Å²) in [4.78, 5) is 22.8. The van der Waals surface area contributed by atoms with Crippen molar-refractivity contribution >= 4 is 34.6 Å². The maximum Gasteiger partial charge on any atom is 0.453 e. The summed E-state index contributed by atoms with van der Waals surface area (Å²) in [7, 11) is 0. The van der Waals surface area contributed by atoms with E-state index in [1.54, 1.807) is 0 Å². The van der Waals surface area contributed by atoms with Crippen LogP contribution in [0.3, 0.4) is 0 Å². The highest BCUT2D eigenvalue weighted by molar-refractivity contribution is 6.33. The molecule has 2 rings (SSSR count). The number of para-hydroxylation sites is 1. The van der Waals surface area contributed by atoms with E-state index in [1.165, 1.54) is 18.2 Å². The minimum Gasteiger partial charge on any atom is -0.464 e. The van der Waals surface area contributed by atoms with Gasteiger partial charge in [-0.1, -0.05) is 29.8 Å². The van der Waals surface area contributed by atoms with Gasteiger partial charge in [0.2, 0.25) is 0 Å². The molecule has 2 aromatic rings. The molecule has 2 N–H and O–H groups in total. The molecule has 0 radical (unpaired) electrons. The zero-order chi connectivity index (χ0) is 25.9. The largest absolute Gasteiger partial charge is 0.464 e. The van der Waals surface area contributed by atoms with Gasteiger partial charge in [0.25, 0.3) is 5.69 Å². The highest BCUT2D eigenvalue weighted by Gasteiger charge is 2.56. The fraction of sp³-hybridized carbons (Fsp3) is 0.381. The number of hydrogen-bond donors (Lipinski definition) is 1. The molecule has 0 bridgehead atoms. The lowest BCUT2D eigenvalue weighted by molar-refractivity contribution is -0.384. The maximum absolute atomic E-state index is 12.7. The van der Waals surface area contributed by atoms with Crippen LogP contribution in [0.5, 0.6) is 0 Å². The highest BCUT2D eigenvalue weighted by Crippen LogP contribution is 2.38. The van der Waals surface area contributed by atoms with Crippen LogP contribution in [0.1, 0.15) is 19.8 Å². The first-order valence-corrected chi connectivity index (χ1v) is 10.3. The van der Waals surface area contributed by atoms with Crippen molar-refractivity contribution in [3.8, 4) is 0 Å². The molecule has 0 fully saturated rings. The molecule has 0 spiro atoms. The van der Waals surface area contributed by atoms with Crippen molar-refractivity contribution in [3.05, 3.63) is 63.7 Å². The van der Waals surface area contributed by atoms with Crippen LogP contribution in [0.2, 0.25) is 5.02 Å². The Kier molecular flexibility index (Phi) is 11.0. The molecule has 0 aromatic heterocycles. The number of hydrogen-bond acceptors (Lipinski definition) is 6. The van der Waals surface area contributed by atoms with Gasteiger partial charge in [-0.15, -0.1) is 0 Å². The van der Waals surface area contributed by atoms with Crippen LogP contribution in [0.25, 0.3) is 0 Å². The Morgan fingerprint density at radius 2 is 1.76 bits per heavy atom. The van der Waals surface area contributed by atoms with E-state index in [2.05, 4.69) is 0 Å². The monoisotopic (exact) mass is 511 g/mol. The van der Waals surface area contributed by atoms with Crippen molar-refractivity contribution in [1.82, 2.24) is 0 Å². The van der Waals surface area contributed by atoms with E-state index in [-0.39, 0.29) is 17.3 Å². The molecule has 0 heterocycles. The second-order valence-corrected chi connectivity index (χ2v) is 7.21. The lowest BCUT2D eigenvalue weighted by Crippen LogP contribution is -2.37. The molecule has 0 aliphatic rings. The summed E-state index contributed by atoms with van der Waals surface area (Å²) in [5, 5.41) is 10.4. The van der Waals surface area contributed by atoms with Crippen molar-refractivity contribution in [2.75, 3.05) is 30.3 Å². The van der Waals surface area contributed by atoms with Crippen molar-refractivity contribution < 1.29 is 36.4 Å². The first-order chi connectivity index (χ1) is 15.8. The van der Waals surface area contributed by atoms with Crippen LogP contribution >= 0.6 is 11.6 Å². The van der Waals surface area contributed by atoms with Crippen LogP contribution in [0.15, 0.2) is 48.5 Å². The molecule has 2 aromatic carbocycles. The van der Waals surface area contributed by atoms with Gasteiger partial charge in [-0.25, -0.2) is 0 Å². The number of non-ortho nitro benzene ring substituents is 1. The number of nitrogen functional groups attached to an aromatic ring is 1. The second kappa shape index (κ2) is 12.9.